The van der Waals surface area contributed by atoms with Crippen LogP contribution in [0.3, 0.4) is 0 Å². The third-order valence-corrected chi connectivity index (χ3v) is 5.80. The molecule has 7 nitrogen and oxygen atoms in total. The van der Waals surface area contributed by atoms with Crippen LogP contribution in [0.5, 0.6) is 5.75 Å². The lowest BCUT2D eigenvalue weighted by atomic mass is 10.2. The molecule has 0 bridgehead atoms. The third-order valence-electron chi connectivity index (χ3n) is 4.77. The Labute approximate surface area is 185 Å². The summed E-state index contributed by atoms with van der Waals surface area (Å²) in [7, 11) is 0. The summed E-state index contributed by atoms with van der Waals surface area (Å²) in [5, 5.41) is 13.6. The van der Waals surface area contributed by atoms with E-state index in [0.29, 0.717) is 18.3 Å². The van der Waals surface area contributed by atoms with E-state index in [2.05, 4.69) is 20.3 Å². The second kappa shape index (κ2) is 9.34. The summed E-state index contributed by atoms with van der Waals surface area (Å²) in [6.07, 6.45) is 0. The molecule has 0 aliphatic carbocycles. The van der Waals surface area contributed by atoms with Gasteiger partial charge in [0.15, 0.2) is 16.8 Å². The highest BCUT2D eigenvalue weighted by molar-refractivity contribution is 7.99. The lowest BCUT2D eigenvalue weighted by Crippen LogP contribution is -2.07. The number of ether oxygens (including phenoxy) is 1. The predicted molar refractivity (Wildman–Crippen MR) is 120 cm³/mol. The number of benzene rings is 2. The number of aromatic nitrogens is 5. The minimum absolute atomic E-state index is 0.0724. The molecule has 0 saturated heterocycles. The number of rotatable bonds is 8. The van der Waals surface area contributed by atoms with Crippen LogP contribution < -0.4 is 4.74 Å². The van der Waals surface area contributed by atoms with Crippen LogP contribution >= 0.6 is 11.8 Å². The van der Waals surface area contributed by atoms with Crippen LogP contribution in [0.15, 0.2) is 64.3 Å². The molecule has 0 aliphatic heterocycles. The van der Waals surface area contributed by atoms with Crippen LogP contribution in [0.25, 0.3) is 5.69 Å². The first-order chi connectivity index (χ1) is 15.0. The van der Waals surface area contributed by atoms with Gasteiger partial charge in [0, 0.05) is 11.6 Å². The van der Waals surface area contributed by atoms with Crippen LogP contribution in [-0.2, 0) is 6.61 Å². The van der Waals surface area contributed by atoms with E-state index in [9.17, 15) is 0 Å². The van der Waals surface area contributed by atoms with Crippen molar-refractivity contribution < 1.29 is 9.26 Å². The van der Waals surface area contributed by atoms with E-state index in [4.69, 9.17) is 9.26 Å². The average molecular weight is 436 g/mol. The number of nitrogens with zero attached hydrogens (tertiary/aromatic N) is 5. The van der Waals surface area contributed by atoms with Gasteiger partial charge < -0.3 is 9.26 Å². The van der Waals surface area contributed by atoms with E-state index in [-0.39, 0.29) is 11.2 Å². The summed E-state index contributed by atoms with van der Waals surface area (Å²) >= 11 is 1.53. The van der Waals surface area contributed by atoms with Gasteiger partial charge in [0.25, 0.3) is 0 Å². The maximum absolute atomic E-state index is 6.04. The van der Waals surface area contributed by atoms with Crippen LogP contribution in [0, 0.1) is 6.92 Å². The lowest BCUT2D eigenvalue weighted by Gasteiger charge is -2.13. The molecule has 1 atom stereocenters. The van der Waals surface area contributed by atoms with Crippen molar-refractivity contribution in [1.29, 1.82) is 0 Å². The molecule has 0 N–H and O–H groups in total. The summed E-state index contributed by atoms with van der Waals surface area (Å²) in [5.74, 6) is 3.05. The molecule has 2 aromatic carbocycles. The summed E-state index contributed by atoms with van der Waals surface area (Å²) in [6.45, 7) is 8.43. The Morgan fingerprint density at radius 2 is 1.74 bits per heavy atom. The SMILES string of the molecule is Cc1ccccc1OCc1nnc(SC(C)c2nc(C(C)C)no2)n1-c1ccccc1. The fraction of sp³-hybridized carbons (Fsp3) is 0.304. The number of hydrogen-bond donors (Lipinski definition) is 0. The largest absolute Gasteiger partial charge is 0.485 e. The maximum atomic E-state index is 6.04. The van der Waals surface area contributed by atoms with Gasteiger partial charge in [-0.3, -0.25) is 4.57 Å². The van der Waals surface area contributed by atoms with Crippen molar-refractivity contribution in [3.05, 3.63) is 77.7 Å². The van der Waals surface area contributed by atoms with E-state index in [1.807, 2.05) is 86.9 Å². The highest BCUT2D eigenvalue weighted by atomic mass is 32.2. The molecular weight excluding hydrogens is 410 g/mol. The van der Waals surface area contributed by atoms with Crippen molar-refractivity contribution in [1.82, 2.24) is 24.9 Å². The summed E-state index contributed by atoms with van der Waals surface area (Å²) < 4.78 is 13.5. The first-order valence-corrected chi connectivity index (χ1v) is 11.1. The zero-order valence-electron chi connectivity index (χ0n) is 18.0. The van der Waals surface area contributed by atoms with Crippen molar-refractivity contribution in [3.63, 3.8) is 0 Å². The molecule has 0 aliphatic rings. The zero-order valence-corrected chi connectivity index (χ0v) is 18.8. The van der Waals surface area contributed by atoms with Gasteiger partial charge in [-0.05, 0) is 37.6 Å². The quantitative estimate of drug-likeness (QED) is 0.337. The van der Waals surface area contributed by atoms with Crippen LogP contribution in [0.1, 0.15) is 55.0 Å². The van der Waals surface area contributed by atoms with Crippen molar-refractivity contribution in [2.24, 2.45) is 0 Å². The fourth-order valence-corrected chi connectivity index (χ4v) is 3.94. The van der Waals surface area contributed by atoms with E-state index in [1.165, 1.54) is 11.8 Å². The molecular formula is C23H25N5O2S. The average Bonchev–Trinajstić information content (AvgIpc) is 3.41. The Hall–Kier alpha value is -3.13. The van der Waals surface area contributed by atoms with Gasteiger partial charge in [-0.25, -0.2) is 0 Å². The minimum atomic E-state index is -0.0724. The normalized spacial score (nSPS) is 12.3. The molecule has 31 heavy (non-hydrogen) atoms. The van der Waals surface area contributed by atoms with E-state index < -0.39 is 0 Å². The van der Waals surface area contributed by atoms with Crippen molar-refractivity contribution >= 4 is 11.8 Å². The highest BCUT2D eigenvalue weighted by Crippen LogP contribution is 2.35. The number of thioether (sulfide) groups is 1. The van der Waals surface area contributed by atoms with Gasteiger partial charge in [-0.1, -0.05) is 67.2 Å². The fourth-order valence-electron chi connectivity index (χ4n) is 3.02. The number of hydrogen-bond acceptors (Lipinski definition) is 7. The molecule has 0 radical (unpaired) electrons. The van der Waals surface area contributed by atoms with Crippen LogP contribution in [-0.4, -0.2) is 24.9 Å². The van der Waals surface area contributed by atoms with E-state index in [0.717, 1.165) is 28.0 Å². The van der Waals surface area contributed by atoms with Gasteiger partial charge in [-0.15, -0.1) is 10.2 Å². The van der Waals surface area contributed by atoms with Gasteiger partial charge in [0.2, 0.25) is 5.89 Å². The molecule has 8 heteroatoms. The topological polar surface area (TPSA) is 78.9 Å². The van der Waals surface area contributed by atoms with Crippen molar-refractivity contribution in [3.8, 4) is 11.4 Å². The monoisotopic (exact) mass is 435 g/mol. The standard InChI is InChI=1S/C23H25N5O2S/c1-15(2)21-24-22(30-27-21)17(4)31-23-26-25-20(28(23)18-11-6-5-7-12-18)14-29-19-13-9-8-10-16(19)3/h5-13,15,17H,14H2,1-4H3. The molecule has 160 valence electrons. The third kappa shape index (κ3) is 4.80. The van der Waals surface area contributed by atoms with E-state index >= 15 is 0 Å². The Kier molecular flexibility index (Phi) is 6.36. The molecule has 4 aromatic rings. The van der Waals surface area contributed by atoms with Crippen molar-refractivity contribution in [2.75, 3.05) is 0 Å². The first kappa shape index (κ1) is 21.1. The molecule has 0 fully saturated rings. The van der Waals surface area contributed by atoms with Crippen LogP contribution in [0.4, 0.5) is 0 Å². The Bertz CT molecular complexity index is 1140. The van der Waals surface area contributed by atoms with Crippen molar-refractivity contribution in [2.45, 2.75) is 50.6 Å². The van der Waals surface area contributed by atoms with Gasteiger partial charge in [0.05, 0.1) is 5.25 Å². The van der Waals surface area contributed by atoms with Gasteiger partial charge in [0.1, 0.15) is 12.4 Å². The predicted octanol–water partition coefficient (Wildman–Crippen LogP) is 5.51. The van der Waals surface area contributed by atoms with Crippen LogP contribution in [0.2, 0.25) is 0 Å². The second-order valence-corrected chi connectivity index (χ2v) is 8.84. The summed E-state index contributed by atoms with van der Waals surface area (Å²) in [4.78, 5) is 4.52. The highest BCUT2D eigenvalue weighted by Gasteiger charge is 2.22. The Morgan fingerprint density at radius 1 is 1.00 bits per heavy atom. The molecule has 2 aromatic heterocycles. The zero-order chi connectivity index (χ0) is 21.8. The lowest BCUT2D eigenvalue weighted by molar-refractivity contribution is 0.291. The molecule has 1 unspecified atom stereocenters. The number of para-hydroxylation sites is 2. The minimum Gasteiger partial charge on any atom is -0.485 e. The smallest absolute Gasteiger partial charge is 0.239 e. The number of aryl methyl sites for hydroxylation is 1. The second-order valence-electron chi connectivity index (χ2n) is 7.53. The molecule has 0 spiro atoms. The summed E-state index contributed by atoms with van der Waals surface area (Å²) in [6, 6.07) is 18.0. The maximum Gasteiger partial charge on any atom is 0.239 e. The Morgan fingerprint density at radius 3 is 2.45 bits per heavy atom. The van der Waals surface area contributed by atoms with Gasteiger partial charge >= 0.3 is 0 Å². The molecule has 0 saturated carbocycles. The first-order valence-electron chi connectivity index (χ1n) is 10.2. The van der Waals surface area contributed by atoms with Gasteiger partial charge in [-0.2, -0.15) is 4.98 Å². The molecule has 2 heterocycles. The summed E-state index contributed by atoms with van der Waals surface area (Å²) in [5.41, 5.74) is 2.05. The van der Waals surface area contributed by atoms with E-state index in [1.54, 1.807) is 0 Å². The molecule has 4 rings (SSSR count). The molecule has 0 amide bonds. The Balaban J connectivity index is 1.60.